The highest BCUT2D eigenvalue weighted by Crippen LogP contribution is 2.03. The highest BCUT2D eigenvalue weighted by molar-refractivity contribution is 5.94. The first-order chi connectivity index (χ1) is 8.25. The number of carbonyl (C=O) groups is 1. The van der Waals surface area contributed by atoms with Gasteiger partial charge < -0.3 is 5.32 Å². The molecule has 0 heterocycles. The number of nitrogens with one attached hydrogen (secondary N) is 1. The molecule has 0 fully saturated rings. The predicted octanol–water partition coefficient (Wildman–Crippen LogP) is 2.76. The molecule has 0 aliphatic heterocycles. The van der Waals surface area contributed by atoms with Gasteiger partial charge in [-0.3, -0.25) is 4.79 Å². The lowest BCUT2D eigenvalue weighted by Gasteiger charge is -2.05. The van der Waals surface area contributed by atoms with Crippen LogP contribution < -0.4 is 5.32 Å². The SMILES string of the molecule is O=C(NCc1ccc(F)cc1)c1ccccc1. The third-order valence-corrected chi connectivity index (χ3v) is 2.40. The van der Waals surface area contributed by atoms with E-state index in [0.29, 0.717) is 12.1 Å². The van der Waals surface area contributed by atoms with E-state index in [1.165, 1.54) is 12.1 Å². The molecule has 0 bridgehead atoms. The molecular formula is C14H12FNO. The second-order valence-corrected chi connectivity index (χ2v) is 3.68. The van der Waals surface area contributed by atoms with Gasteiger partial charge >= 0.3 is 0 Å². The number of carbonyl (C=O) groups excluding carboxylic acids is 1. The van der Waals surface area contributed by atoms with Gasteiger partial charge in [-0.2, -0.15) is 0 Å². The topological polar surface area (TPSA) is 29.1 Å². The van der Waals surface area contributed by atoms with Crippen LogP contribution in [0.15, 0.2) is 54.6 Å². The van der Waals surface area contributed by atoms with Gasteiger partial charge in [-0.25, -0.2) is 4.39 Å². The Morgan fingerprint density at radius 1 is 1.00 bits per heavy atom. The molecule has 86 valence electrons. The van der Waals surface area contributed by atoms with Crippen LogP contribution in [0.5, 0.6) is 0 Å². The molecule has 0 atom stereocenters. The maximum absolute atomic E-state index is 12.7. The number of benzene rings is 2. The third kappa shape index (κ3) is 3.14. The van der Waals surface area contributed by atoms with E-state index in [1.807, 2.05) is 18.2 Å². The van der Waals surface area contributed by atoms with Gasteiger partial charge in [-0.15, -0.1) is 0 Å². The number of hydrogen-bond acceptors (Lipinski definition) is 1. The van der Waals surface area contributed by atoms with Crippen molar-refractivity contribution in [3.8, 4) is 0 Å². The highest BCUT2D eigenvalue weighted by Gasteiger charge is 2.03. The largest absolute Gasteiger partial charge is 0.348 e. The molecule has 0 saturated heterocycles. The minimum absolute atomic E-state index is 0.130. The van der Waals surface area contributed by atoms with E-state index in [4.69, 9.17) is 0 Å². The number of hydrogen-bond donors (Lipinski definition) is 1. The first-order valence-corrected chi connectivity index (χ1v) is 5.33. The van der Waals surface area contributed by atoms with Crippen molar-refractivity contribution in [1.82, 2.24) is 5.32 Å². The fraction of sp³-hybridized carbons (Fsp3) is 0.0714. The average molecular weight is 229 g/mol. The summed E-state index contributed by atoms with van der Waals surface area (Å²) in [6, 6.07) is 15.0. The van der Waals surface area contributed by atoms with Gasteiger partial charge in [-0.05, 0) is 29.8 Å². The lowest BCUT2D eigenvalue weighted by Crippen LogP contribution is -2.22. The Morgan fingerprint density at radius 3 is 2.29 bits per heavy atom. The Labute approximate surface area is 99.1 Å². The summed E-state index contributed by atoms with van der Waals surface area (Å²) in [5.74, 6) is -0.405. The molecule has 2 aromatic carbocycles. The number of halogens is 1. The Hall–Kier alpha value is -2.16. The van der Waals surface area contributed by atoms with Crippen molar-refractivity contribution >= 4 is 5.91 Å². The Kier molecular flexibility index (Phi) is 3.50. The normalized spacial score (nSPS) is 9.94. The molecule has 0 aliphatic carbocycles. The predicted molar refractivity (Wildman–Crippen MR) is 64.0 cm³/mol. The molecule has 2 rings (SSSR count). The van der Waals surface area contributed by atoms with Crippen LogP contribution in [-0.4, -0.2) is 5.91 Å². The van der Waals surface area contributed by atoms with Gasteiger partial charge in [0.15, 0.2) is 0 Å². The Balaban J connectivity index is 1.95. The summed E-state index contributed by atoms with van der Waals surface area (Å²) >= 11 is 0. The van der Waals surface area contributed by atoms with Crippen LogP contribution in [0.2, 0.25) is 0 Å². The molecule has 0 saturated carbocycles. The van der Waals surface area contributed by atoms with E-state index in [0.717, 1.165) is 5.56 Å². The summed E-state index contributed by atoms with van der Waals surface area (Å²) in [6.07, 6.45) is 0. The van der Waals surface area contributed by atoms with Gasteiger partial charge in [0.05, 0.1) is 0 Å². The maximum Gasteiger partial charge on any atom is 0.251 e. The van der Waals surface area contributed by atoms with Gasteiger partial charge in [0.25, 0.3) is 5.91 Å². The Morgan fingerprint density at radius 2 is 1.65 bits per heavy atom. The first kappa shape index (κ1) is 11.3. The average Bonchev–Trinajstić information content (AvgIpc) is 2.39. The molecule has 0 radical (unpaired) electrons. The van der Waals surface area contributed by atoms with E-state index < -0.39 is 0 Å². The van der Waals surface area contributed by atoms with E-state index >= 15 is 0 Å². The minimum Gasteiger partial charge on any atom is -0.348 e. The molecule has 2 nitrogen and oxygen atoms in total. The molecule has 1 N–H and O–H groups in total. The summed E-state index contributed by atoms with van der Waals surface area (Å²) in [6.45, 7) is 0.397. The molecule has 0 aromatic heterocycles. The van der Waals surface area contributed by atoms with Gasteiger partial charge in [0.1, 0.15) is 5.82 Å². The molecule has 0 aliphatic rings. The first-order valence-electron chi connectivity index (χ1n) is 5.33. The van der Waals surface area contributed by atoms with Crippen LogP contribution in [0.25, 0.3) is 0 Å². The van der Waals surface area contributed by atoms with Crippen LogP contribution in [0.4, 0.5) is 4.39 Å². The maximum atomic E-state index is 12.7. The zero-order valence-corrected chi connectivity index (χ0v) is 9.19. The third-order valence-electron chi connectivity index (χ3n) is 2.40. The summed E-state index contributed by atoms with van der Waals surface area (Å²) < 4.78 is 12.7. The summed E-state index contributed by atoms with van der Waals surface area (Å²) in [7, 11) is 0. The van der Waals surface area contributed by atoms with Crippen LogP contribution in [0, 0.1) is 5.82 Å². The van der Waals surface area contributed by atoms with Crippen molar-refractivity contribution in [3.05, 3.63) is 71.5 Å². The lowest BCUT2D eigenvalue weighted by atomic mass is 10.2. The minimum atomic E-state index is -0.275. The van der Waals surface area contributed by atoms with Gasteiger partial charge in [0.2, 0.25) is 0 Å². The highest BCUT2D eigenvalue weighted by atomic mass is 19.1. The van der Waals surface area contributed by atoms with Crippen molar-refractivity contribution in [2.24, 2.45) is 0 Å². The van der Waals surface area contributed by atoms with E-state index in [-0.39, 0.29) is 11.7 Å². The fourth-order valence-corrected chi connectivity index (χ4v) is 1.48. The smallest absolute Gasteiger partial charge is 0.251 e. The van der Waals surface area contributed by atoms with Gasteiger partial charge in [0, 0.05) is 12.1 Å². The Bertz CT molecular complexity index is 493. The summed E-state index contributed by atoms with van der Waals surface area (Å²) in [4.78, 5) is 11.7. The second-order valence-electron chi connectivity index (χ2n) is 3.68. The summed E-state index contributed by atoms with van der Waals surface area (Å²) in [5.41, 5.74) is 1.49. The standard InChI is InChI=1S/C14H12FNO/c15-13-8-6-11(7-9-13)10-16-14(17)12-4-2-1-3-5-12/h1-9H,10H2,(H,16,17). The van der Waals surface area contributed by atoms with Crippen LogP contribution in [0.3, 0.4) is 0 Å². The monoisotopic (exact) mass is 229 g/mol. The van der Waals surface area contributed by atoms with Crippen molar-refractivity contribution < 1.29 is 9.18 Å². The van der Waals surface area contributed by atoms with E-state index in [2.05, 4.69) is 5.32 Å². The second kappa shape index (κ2) is 5.25. The van der Waals surface area contributed by atoms with E-state index in [1.54, 1.807) is 24.3 Å². The van der Waals surface area contributed by atoms with Gasteiger partial charge in [-0.1, -0.05) is 30.3 Å². The number of amides is 1. The quantitative estimate of drug-likeness (QED) is 0.861. The van der Waals surface area contributed by atoms with Crippen LogP contribution >= 0.6 is 0 Å². The summed E-state index contributed by atoms with van der Waals surface area (Å²) in [5, 5.41) is 2.77. The zero-order valence-electron chi connectivity index (χ0n) is 9.19. The van der Waals surface area contributed by atoms with E-state index in [9.17, 15) is 9.18 Å². The molecular weight excluding hydrogens is 217 g/mol. The van der Waals surface area contributed by atoms with Crippen molar-refractivity contribution in [3.63, 3.8) is 0 Å². The molecule has 0 unspecified atom stereocenters. The zero-order chi connectivity index (χ0) is 12.1. The molecule has 3 heteroatoms. The van der Waals surface area contributed by atoms with Crippen molar-refractivity contribution in [2.45, 2.75) is 6.54 Å². The van der Waals surface area contributed by atoms with Crippen LogP contribution in [-0.2, 0) is 6.54 Å². The van der Waals surface area contributed by atoms with Crippen molar-refractivity contribution in [1.29, 1.82) is 0 Å². The van der Waals surface area contributed by atoms with Crippen LogP contribution in [0.1, 0.15) is 15.9 Å². The molecule has 17 heavy (non-hydrogen) atoms. The lowest BCUT2D eigenvalue weighted by molar-refractivity contribution is 0.0951. The number of rotatable bonds is 3. The fourth-order valence-electron chi connectivity index (χ4n) is 1.48. The molecule has 1 amide bonds. The van der Waals surface area contributed by atoms with Crippen molar-refractivity contribution in [2.75, 3.05) is 0 Å². The molecule has 2 aromatic rings. The molecule has 0 spiro atoms.